The third-order valence-corrected chi connectivity index (χ3v) is 7.14. The summed E-state index contributed by atoms with van der Waals surface area (Å²) in [6.07, 6.45) is 1.55. The summed E-state index contributed by atoms with van der Waals surface area (Å²) in [5.74, 6) is -3.07. The summed E-state index contributed by atoms with van der Waals surface area (Å²) in [6, 6.07) is 19.2. The molecule has 7 nitrogen and oxygen atoms in total. The van der Waals surface area contributed by atoms with Crippen LogP contribution in [0.4, 0.5) is 0 Å². The number of fused-ring (bicyclic) bond motifs is 1. The minimum absolute atomic E-state index is 0.0122. The number of hydrogen-bond acceptors (Lipinski definition) is 7. The molecule has 0 aromatic heterocycles. The topological polar surface area (TPSA) is 132 Å². The van der Waals surface area contributed by atoms with Crippen molar-refractivity contribution in [2.24, 2.45) is 0 Å². The second kappa shape index (κ2) is 12.0. The Hall–Kier alpha value is -5.01. The Labute approximate surface area is 237 Å². The van der Waals surface area contributed by atoms with Crippen molar-refractivity contribution in [2.75, 3.05) is 6.61 Å². The van der Waals surface area contributed by atoms with E-state index in [0.717, 1.165) is 17.2 Å². The van der Waals surface area contributed by atoms with Crippen LogP contribution in [0.3, 0.4) is 0 Å². The van der Waals surface area contributed by atoms with Gasteiger partial charge in [0.25, 0.3) is 0 Å². The third-order valence-electron chi connectivity index (χ3n) is 7.14. The molecule has 0 fully saturated rings. The standard InChI is InChI=1S/C34H30O7/c1-19(31(38)20(2)24(29(37)18-35)15-22-10-6-4-7-11-22)14-25-21(3)32(39)30-26(16-23-12-8-5-9-13-23)34(41)28(36)17-27(30)33(25)40/h4-14,17,35-37,41H,2,15-16,18H2,1,3H3/b19-14+,29-24+. The summed E-state index contributed by atoms with van der Waals surface area (Å²) in [4.78, 5) is 40.6. The molecule has 0 amide bonds. The fraction of sp³-hybridized carbons (Fsp3) is 0.147. The first-order valence-electron chi connectivity index (χ1n) is 12.9. The van der Waals surface area contributed by atoms with Gasteiger partial charge in [0, 0.05) is 51.8 Å². The van der Waals surface area contributed by atoms with Gasteiger partial charge in [0.05, 0.1) is 0 Å². The highest BCUT2D eigenvalue weighted by Crippen LogP contribution is 2.40. The van der Waals surface area contributed by atoms with Crippen LogP contribution in [0.15, 0.2) is 113 Å². The number of aliphatic hydroxyl groups excluding tert-OH is 2. The zero-order valence-corrected chi connectivity index (χ0v) is 22.8. The average molecular weight is 551 g/mol. The molecule has 4 N–H and O–H groups in total. The minimum Gasteiger partial charge on any atom is -0.510 e. The van der Waals surface area contributed by atoms with Gasteiger partial charge in [-0.05, 0) is 42.7 Å². The summed E-state index contributed by atoms with van der Waals surface area (Å²) in [6.45, 7) is 6.09. The first-order valence-corrected chi connectivity index (χ1v) is 12.9. The second-order valence-corrected chi connectivity index (χ2v) is 9.89. The van der Waals surface area contributed by atoms with E-state index in [1.54, 1.807) is 36.4 Å². The molecule has 1 aliphatic rings. The van der Waals surface area contributed by atoms with Crippen LogP contribution in [0.5, 0.6) is 11.5 Å². The number of benzene rings is 3. The lowest BCUT2D eigenvalue weighted by Crippen LogP contribution is -2.23. The Bertz CT molecular complexity index is 1660. The highest BCUT2D eigenvalue weighted by atomic mass is 16.3. The number of aliphatic hydroxyl groups is 2. The van der Waals surface area contributed by atoms with Crippen LogP contribution in [-0.2, 0) is 17.6 Å². The zero-order chi connectivity index (χ0) is 29.8. The molecule has 41 heavy (non-hydrogen) atoms. The van der Waals surface area contributed by atoms with Crippen molar-refractivity contribution in [1.29, 1.82) is 0 Å². The Kier molecular flexibility index (Phi) is 8.50. The number of phenolic OH excluding ortho intramolecular Hbond substituents is 2. The molecule has 3 aromatic carbocycles. The van der Waals surface area contributed by atoms with Crippen LogP contribution in [0.1, 0.15) is 51.3 Å². The number of aromatic hydroxyl groups is 2. The van der Waals surface area contributed by atoms with Crippen molar-refractivity contribution in [2.45, 2.75) is 26.7 Å². The molecule has 208 valence electrons. The molecule has 0 saturated heterocycles. The fourth-order valence-corrected chi connectivity index (χ4v) is 4.86. The molecule has 7 heteroatoms. The molecule has 0 atom stereocenters. The van der Waals surface area contributed by atoms with Gasteiger partial charge < -0.3 is 20.4 Å². The van der Waals surface area contributed by atoms with Gasteiger partial charge in [-0.15, -0.1) is 0 Å². The number of carbonyl (C=O) groups is 3. The van der Waals surface area contributed by atoms with Crippen molar-refractivity contribution >= 4 is 17.3 Å². The number of ketones is 3. The molecule has 3 aromatic rings. The third kappa shape index (κ3) is 5.81. The van der Waals surface area contributed by atoms with E-state index >= 15 is 0 Å². The van der Waals surface area contributed by atoms with Crippen LogP contribution in [0.2, 0.25) is 0 Å². The van der Waals surface area contributed by atoms with Gasteiger partial charge in [-0.25, -0.2) is 0 Å². The largest absolute Gasteiger partial charge is 0.510 e. The summed E-state index contributed by atoms with van der Waals surface area (Å²) in [5.41, 5.74) is 1.87. The predicted molar refractivity (Wildman–Crippen MR) is 155 cm³/mol. The van der Waals surface area contributed by atoms with E-state index in [1.165, 1.54) is 19.9 Å². The van der Waals surface area contributed by atoms with Gasteiger partial charge in [0.1, 0.15) is 12.4 Å². The maximum absolute atomic E-state index is 13.6. The molecule has 0 heterocycles. The molecule has 1 aliphatic carbocycles. The van der Waals surface area contributed by atoms with Gasteiger partial charge in [-0.3, -0.25) is 14.4 Å². The number of allylic oxidation sites excluding steroid dienone is 6. The average Bonchev–Trinajstić information content (AvgIpc) is 2.99. The predicted octanol–water partition coefficient (Wildman–Crippen LogP) is 5.50. The zero-order valence-electron chi connectivity index (χ0n) is 22.8. The normalized spacial score (nSPS) is 14.1. The van der Waals surface area contributed by atoms with Crippen molar-refractivity contribution in [1.82, 2.24) is 0 Å². The first kappa shape index (κ1) is 29.0. The van der Waals surface area contributed by atoms with Crippen LogP contribution >= 0.6 is 0 Å². The summed E-state index contributed by atoms with van der Waals surface area (Å²) >= 11 is 0. The van der Waals surface area contributed by atoms with Crippen molar-refractivity contribution in [3.8, 4) is 11.5 Å². The van der Waals surface area contributed by atoms with E-state index in [1.807, 2.05) is 24.3 Å². The van der Waals surface area contributed by atoms with Gasteiger partial charge in [0.15, 0.2) is 28.8 Å². The molecule has 0 bridgehead atoms. The molecule has 0 spiro atoms. The lowest BCUT2D eigenvalue weighted by atomic mass is 9.79. The summed E-state index contributed by atoms with van der Waals surface area (Å²) in [7, 11) is 0. The molecular formula is C34H30O7. The van der Waals surface area contributed by atoms with Gasteiger partial charge in [-0.1, -0.05) is 67.2 Å². The summed E-state index contributed by atoms with van der Waals surface area (Å²) in [5, 5.41) is 41.0. The fourth-order valence-electron chi connectivity index (χ4n) is 4.86. The van der Waals surface area contributed by atoms with Crippen LogP contribution in [0.25, 0.3) is 0 Å². The van der Waals surface area contributed by atoms with E-state index in [2.05, 4.69) is 6.58 Å². The van der Waals surface area contributed by atoms with E-state index in [0.29, 0.717) is 0 Å². The van der Waals surface area contributed by atoms with E-state index < -0.39 is 41.2 Å². The van der Waals surface area contributed by atoms with Gasteiger partial charge >= 0.3 is 0 Å². The van der Waals surface area contributed by atoms with E-state index in [-0.39, 0.29) is 57.4 Å². The smallest absolute Gasteiger partial charge is 0.194 e. The summed E-state index contributed by atoms with van der Waals surface area (Å²) < 4.78 is 0. The highest BCUT2D eigenvalue weighted by Gasteiger charge is 2.34. The van der Waals surface area contributed by atoms with Gasteiger partial charge in [-0.2, -0.15) is 0 Å². The van der Waals surface area contributed by atoms with E-state index in [9.17, 15) is 34.8 Å². The minimum atomic E-state index is -0.688. The Morgan fingerprint density at radius 2 is 1.51 bits per heavy atom. The lowest BCUT2D eigenvalue weighted by molar-refractivity contribution is -0.112. The number of hydrogen-bond donors (Lipinski definition) is 4. The molecule has 0 radical (unpaired) electrons. The van der Waals surface area contributed by atoms with Crippen LogP contribution in [0, 0.1) is 0 Å². The Balaban J connectivity index is 1.71. The van der Waals surface area contributed by atoms with E-state index in [4.69, 9.17) is 0 Å². The monoisotopic (exact) mass is 550 g/mol. The maximum atomic E-state index is 13.6. The molecule has 0 unspecified atom stereocenters. The van der Waals surface area contributed by atoms with Crippen molar-refractivity contribution < 1.29 is 34.8 Å². The van der Waals surface area contributed by atoms with Crippen LogP contribution in [-0.4, -0.2) is 44.4 Å². The molecule has 4 rings (SSSR count). The maximum Gasteiger partial charge on any atom is 0.194 e. The number of Topliss-reactive ketones (excluding diaryl/α,β-unsaturated/α-hetero) is 3. The lowest BCUT2D eigenvalue weighted by Gasteiger charge is -2.22. The quantitative estimate of drug-likeness (QED) is 0.120. The first-order chi connectivity index (χ1) is 19.5. The van der Waals surface area contributed by atoms with Crippen LogP contribution < -0.4 is 0 Å². The Morgan fingerprint density at radius 1 is 0.927 bits per heavy atom. The van der Waals surface area contributed by atoms with Crippen molar-refractivity contribution in [3.63, 3.8) is 0 Å². The van der Waals surface area contributed by atoms with Crippen molar-refractivity contribution in [3.05, 3.63) is 141 Å². The highest BCUT2D eigenvalue weighted by molar-refractivity contribution is 6.29. The number of phenols is 2. The Morgan fingerprint density at radius 3 is 2.10 bits per heavy atom. The second-order valence-electron chi connectivity index (χ2n) is 9.89. The van der Waals surface area contributed by atoms with Gasteiger partial charge in [0.2, 0.25) is 0 Å². The molecular weight excluding hydrogens is 520 g/mol. The molecule has 0 aliphatic heterocycles. The number of rotatable bonds is 9. The number of carbonyl (C=O) groups excluding carboxylic acids is 3. The molecule has 0 saturated carbocycles. The SMILES string of the molecule is C=C(C(=O)/C(C)=C/C1=C(C)C(=O)c2c(cc(O)c(O)c2Cc2ccccc2)C1=O)/C(Cc1ccccc1)=C(/O)CO.